The number of rotatable bonds is 8. The highest BCUT2D eigenvalue weighted by atomic mass is 35.5. The number of piperidine rings is 1. The second kappa shape index (κ2) is 9.29. The molecule has 4 heteroatoms. The van der Waals surface area contributed by atoms with Crippen molar-refractivity contribution in [2.45, 2.75) is 45.1 Å². The molecule has 22 heavy (non-hydrogen) atoms. The van der Waals surface area contributed by atoms with Crippen LogP contribution in [0.5, 0.6) is 0 Å². The molecule has 1 aliphatic rings. The molecule has 1 aliphatic heterocycles. The standard InChI is InChI=1S/C18H26ClNO2/c1-2-17(21)9-5-11-22-18(15-7-4-10-20-13-15)14-6-3-8-16(19)12-14/h3,6,8,12,15,18,20H,2,4-5,7,9-11,13H2,1H3/t15-,18?/m1/s1. The van der Waals surface area contributed by atoms with Gasteiger partial charge in [-0.3, -0.25) is 4.79 Å². The van der Waals surface area contributed by atoms with E-state index in [1.165, 1.54) is 6.42 Å². The number of ketones is 1. The molecule has 2 atom stereocenters. The van der Waals surface area contributed by atoms with Gasteiger partial charge >= 0.3 is 0 Å². The molecule has 1 unspecified atom stereocenters. The van der Waals surface area contributed by atoms with E-state index in [1.54, 1.807) is 0 Å². The van der Waals surface area contributed by atoms with Gasteiger partial charge in [-0.05, 0) is 43.5 Å². The number of benzene rings is 1. The maximum atomic E-state index is 11.4. The van der Waals surface area contributed by atoms with E-state index < -0.39 is 0 Å². The highest BCUT2D eigenvalue weighted by Gasteiger charge is 2.25. The SMILES string of the molecule is CCC(=O)CCCOC(c1cccc(Cl)c1)[C@@H]1CCCNC1. The van der Waals surface area contributed by atoms with Gasteiger partial charge in [0.1, 0.15) is 5.78 Å². The van der Waals surface area contributed by atoms with Crippen LogP contribution in [0, 0.1) is 5.92 Å². The van der Waals surface area contributed by atoms with Gasteiger partial charge in [-0.2, -0.15) is 0 Å². The summed E-state index contributed by atoms with van der Waals surface area (Å²) in [6.45, 7) is 4.60. The molecule has 0 radical (unpaired) electrons. The van der Waals surface area contributed by atoms with Crippen LogP contribution in [0.2, 0.25) is 5.02 Å². The van der Waals surface area contributed by atoms with E-state index in [0.717, 1.165) is 36.5 Å². The summed E-state index contributed by atoms with van der Waals surface area (Å²) in [7, 11) is 0. The maximum Gasteiger partial charge on any atom is 0.132 e. The maximum absolute atomic E-state index is 11.4. The molecule has 3 nitrogen and oxygen atoms in total. The van der Waals surface area contributed by atoms with E-state index in [9.17, 15) is 4.79 Å². The summed E-state index contributed by atoms with van der Waals surface area (Å²) in [6, 6.07) is 7.95. The lowest BCUT2D eigenvalue weighted by Gasteiger charge is -2.31. The Morgan fingerprint density at radius 1 is 1.50 bits per heavy atom. The molecule has 0 aliphatic carbocycles. The van der Waals surface area contributed by atoms with Crippen LogP contribution < -0.4 is 5.32 Å². The Morgan fingerprint density at radius 3 is 3.05 bits per heavy atom. The minimum absolute atomic E-state index is 0.0585. The summed E-state index contributed by atoms with van der Waals surface area (Å²) in [5, 5.41) is 4.20. The summed E-state index contributed by atoms with van der Waals surface area (Å²) in [5.41, 5.74) is 1.14. The molecule has 1 heterocycles. The number of halogens is 1. The first-order chi connectivity index (χ1) is 10.7. The number of Topliss-reactive ketones (excluding diaryl/α,β-unsaturated/α-hetero) is 1. The Kier molecular flexibility index (Phi) is 7.37. The van der Waals surface area contributed by atoms with Gasteiger partial charge < -0.3 is 10.1 Å². The van der Waals surface area contributed by atoms with Crippen molar-refractivity contribution in [3.05, 3.63) is 34.9 Å². The van der Waals surface area contributed by atoms with Crippen LogP contribution in [0.1, 0.15) is 50.7 Å². The first-order valence-corrected chi connectivity index (χ1v) is 8.68. The van der Waals surface area contributed by atoms with Crippen LogP contribution in [-0.4, -0.2) is 25.5 Å². The van der Waals surface area contributed by atoms with Gasteiger partial charge in [-0.25, -0.2) is 0 Å². The first kappa shape index (κ1) is 17.5. The first-order valence-electron chi connectivity index (χ1n) is 8.30. The van der Waals surface area contributed by atoms with E-state index in [0.29, 0.717) is 31.1 Å². The van der Waals surface area contributed by atoms with Gasteiger partial charge in [0, 0.05) is 36.9 Å². The second-order valence-electron chi connectivity index (χ2n) is 5.95. The fourth-order valence-electron chi connectivity index (χ4n) is 2.98. The van der Waals surface area contributed by atoms with E-state index in [2.05, 4.69) is 11.4 Å². The molecule has 1 saturated heterocycles. The number of nitrogens with one attached hydrogen (secondary N) is 1. The molecule has 0 aromatic heterocycles. The van der Waals surface area contributed by atoms with Crippen LogP contribution >= 0.6 is 11.6 Å². The fraction of sp³-hybridized carbons (Fsp3) is 0.611. The quantitative estimate of drug-likeness (QED) is 0.730. The van der Waals surface area contributed by atoms with Gasteiger partial charge in [-0.15, -0.1) is 0 Å². The summed E-state index contributed by atoms with van der Waals surface area (Å²) in [6.07, 6.45) is 4.43. The van der Waals surface area contributed by atoms with Gasteiger partial charge in [0.15, 0.2) is 0 Å². The Morgan fingerprint density at radius 2 is 2.36 bits per heavy atom. The third kappa shape index (κ3) is 5.38. The number of carbonyl (C=O) groups excluding carboxylic acids is 1. The monoisotopic (exact) mass is 323 g/mol. The van der Waals surface area contributed by atoms with E-state index in [1.807, 2.05) is 25.1 Å². The third-order valence-electron chi connectivity index (χ3n) is 4.23. The lowest BCUT2D eigenvalue weighted by molar-refractivity contribution is -0.119. The van der Waals surface area contributed by atoms with Crippen molar-refractivity contribution in [2.75, 3.05) is 19.7 Å². The number of hydrogen-bond acceptors (Lipinski definition) is 3. The lowest BCUT2D eigenvalue weighted by Crippen LogP contribution is -2.34. The van der Waals surface area contributed by atoms with Crippen molar-refractivity contribution in [3.63, 3.8) is 0 Å². The van der Waals surface area contributed by atoms with E-state index in [-0.39, 0.29) is 6.10 Å². The van der Waals surface area contributed by atoms with Gasteiger partial charge in [0.25, 0.3) is 0 Å². The molecule has 1 fully saturated rings. The Balaban J connectivity index is 1.97. The zero-order valence-electron chi connectivity index (χ0n) is 13.3. The van der Waals surface area contributed by atoms with E-state index in [4.69, 9.17) is 16.3 Å². The lowest BCUT2D eigenvalue weighted by atomic mass is 9.89. The highest BCUT2D eigenvalue weighted by Crippen LogP contribution is 2.32. The average molecular weight is 324 g/mol. The van der Waals surface area contributed by atoms with Gasteiger partial charge in [-0.1, -0.05) is 30.7 Å². The van der Waals surface area contributed by atoms with Gasteiger partial charge in [0.2, 0.25) is 0 Å². The largest absolute Gasteiger partial charge is 0.373 e. The smallest absolute Gasteiger partial charge is 0.132 e. The fourth-order valence-corrected chi connectivity index (χ4v) is 3.18. The minimum atomic E-state index is 0.0585. The molecule has 0 saturated carbocycles. The molecule has 1 aromatic carbocycles. The molecule has 0 amide bonds. The van der Waals surface area contributed by atoms with Crippen molar-refractivity contribution in [1.82, 2.24) is 5.32 Å². The molecule has 122 valence electrons. The predicted molar refractivity (Wildman–Crippen MR) is 90.3 cm³/mol. The van der Waals surface area contributed by atoms with Crippen molar-refractivity contribution >= 4 is 17.4 Å². The third-order valence-corrected chi connectivity index (χ3v) is 4.47. The van der Waals surface area contributed by atoms with Crippen LogP contribution in [0.3, 0.4) is 0 Å². The zero-order chi connectivity index (χ0) is 15.8. The Hall–Kier alpha value is -0.900. The molecule has 1 aromatic rings. The molecule has 2 rings (SSSR count). The second-order valence-corrected chi connectivity index (χ2v) is 6.39. The number of ether oxygens (including phenoxy) is 1. The van der Waals surface area contributed by atoms with Gasteiger partial charge in [0.05, 0.1) is 6.10 Å². The van der Waals surface area contributed by atoms with Crippen LogP contribution in [0.15, 0.2) is 24.3 Å². The molecule has 0 spiro atoms. The van der Waals surface area contributed by atoms with Crippen LogP contribution in [0.25, 0.3) is 0 Å². The number of hydrogen-bond donors (Lipinski definition) is 1. The van der Waals surface area contributed by atoms with Crippen molar-refractivity contribution in [1.29, 1.82) is 0 Å². The normalized spacial score (nSPS) is 19.8. The highest BCUT2D eigenvalue weighted by molar-refractivity contribution is 6.30. The summed E-state index contributed by atoms with van der Waals surface area (Å²) < 4.78 is 6.17. The topological polar surface area (TPSA) is 38.3 Å². The van der Waals surface area contributed by atoms with Crippen molar-refractivity contribution < 1.29 is 9.53 Å². The Bertz CT molecular complexity index is 472. The zero-order valence-corrected chi connectivity index (χ0v) is 14.1. The molecular weight excluding hydrogens is 298 g/mol. The van der Waals surface area contributed by atoms with Crippen LogP contribution in [-0.2, 0) is 9.53 Å². The van der Waals surface area contributed by atoms with E-state index >= 15 is 0 Å². The minimum Gasteiger partial charge on any atom is -0.373 e. The summed E-state index contributed by atoms with van der Waals surface area (Å²) in [4.78, 5) is 11.4. The van der Waals surface area contributed by atoms with Crippen molar-refractivity contribution in [2.24, 2.45) is 5.92 Å². The number of carbonyl (C=O) groups is 1. The molecular formula is C18H26ClNO2. The summed E-state index contributed by atoms with van der Waals surface area (Å²) in [5.74, 6) is 0.774. The molecule has 0 bridgehead atoms. The molecule has 1 N–H and O–H groups in total. The van der Waals surface area contributed by atoms with Crippen LogP contribution in [0.4, 0.5) is 0 Å². The summed E-state index contributed by atoms with van der Waals surface area (Å²) >= 11 is 6.13. The predicted octanol–water partition coefficient (Wildman–Crippen LogP) is 4.16. The van der Waals surface area contributed by atoms with Crippen molar-refractivity contribution in [3.8, 4) is 0 Å². The Labute approximate surface area is 138 Å². The average Bonchev–Trinajstić information content (AvgIpc) is 2.55.